The molecule has 3 atom stereocenters. The molecule has 52 heavy (non-hydrogen) atoms. The second kappa shape index (κ2) is 39.4. The van der Waals surface area contributed by atoms with Crippen molar-refractivity contribution in [1.82, 2.24) is 5.32 Å². The summed E-state index contributed by atoms with van der Waals surface area (Å²) in [6, 6.07) is -0.879. The maximum absolute atomic E-state index is 12.7. The van der Waals surface area contributed by atoms with E-state index in [1.54, 1.807) is 6.08 Å². The van der Waals surface area contributed by atoms with Gasteiger partial charge in [-0.3, -0.25) is 13.8 Å². The van der Waals surface area contributed by atoms with Crippen LogP contribution in [0.15, 0.2) is 36.5 Å². The first-order chi connectivity index (χ1) is 25.4. The van der Waals surface area contributed by atoms with E-state index in [0.29, 0.717) is 6.42 Å². The summed E-state index contributed by atoms with van der Waals surface area (Å²) in [4.78, 5) is 22.7. The molecule has 0 saturated carbocycles. The van der Waals surface area contributed by atoms with E-state index >= 15 is 0 Å². The zero-order chi connectivity index (χ0) is 38.2. The standard InChI is InChI=1S/C43H83N2O6P/c1-3-5-7-9-11-13-15-17-19-20-21-22-23-25-27-29-31-33-35-37-43(47)45-41(40-51-52(48,49)50-39-38-44)42(46)36-34-32-30-28-26-24-18-16-14-12-10-8-6-4-2/h14,16,26,28,34,36,41-42,46H,3-13,15,17-25,27,29-33,35,37-40,44H2,1-2H3,(H,45,47)(H,48,49)/b16-14+,28-26+,36-34+. The molecular formula is C43H83N2O6P. The van der Waals surface area contributed by atoms with Crippen LogP contribution >= 0.6 is 7.82 Å². The second-order valence-corrected chi connectivity index (χ2v) is 16.0. The van der Waals surface area contributed by atoms with E-state index in [-0.39, 0.29) is 25.7 Å². The van der Waals surface area contributed by atoms with E-state index in [1.807, 2.05) is 6.08 Å². The summed E-state index contributed by atoms with van der Waals surface area (Å²) in [5.41, 5.74) is 5.36. The van der Waals surface area contributed by atoms with E-state index in [1.165, 1.54) is 135 Å². The van der Waals surface area contributed by atoms with Crippen LogP contribution < -0.4 is 11.1 Å². The third-order valence-electron chi connectivity index (χ3n) is 9.45. The van der Waals surface area contributed by atoms with E-state index < -0.39 is 20.0 Å². The lowest BCUT2D eigenvalue weighted by molar-refractivity contribution is -0.123. The number of nitrogens with one attached hydrogen (secondary N) is 1. The Morgan fingerprint density at radius 3 is 1.48 bits per heavy atom. The van der Waals surface area contributed by atoms with Gasteiger partial charge in [0.15, 0.2) is 0 Å². The molecule has 0 heterocycles. The molecule has 0 aliphatic carbocycles. The number of carbonyl (C=O) groups is 1. The second-order valence-electron chi connectivity index (χ2n) is 14.5. The van der Waals surface area contributed by atoms with Crippen molar-refractivity contribution < 1.29 is 28.4 Å². The van der Waals surface area contributed by atoms with Crippen molar-refractivity contribution in [2.75, 3.05) is 19.8 Å². The third-order valence-corrected chi connectivity index (χ3v) is 10.4. The van der Waals surface area contributed by atoms with Crippen LogP contribution in [-0.4, -0.2) is 47.8 Å². The number of rotatable bonds is 40. The average molecular weight is 755 g/mol. The van der Waals surface area contributed by atoms with Crippen molar-refractivity contribution in [3.63, 3.8) is 0 Å². The summed E-state index contributed by atoms with van der Waals surface area (Å²) in [6.45, 7) is 4.09. The Labute approximate surface area is 320 Å². The van der Waals surface area contributed by atoms with Gasteiger partial charge in [0.1, 0.15) is 0 Å². The van der Waals surface area contributed by atoms with Crippen LogP contribution in [0.3, 0.4) is 0 Å². The molecule has 0 radical (unpaired) electrons. The van der Waals surface area contributed by atoms with Gasteiger partial charge in [0.05, 0.1) is 25.4 Å². The molecular weight excluding hydrogens is 671 g/mol. The number of unbranched alkanes of at least 4 members (excludes halogenated alkanes) is 24. The minimum absolute atomic E-state index is 0.0726. The Hall–Kier alpha value is -1.28. The highest BCUT2D eigenvalue weighted by Crippen LogP contribution is 2.43. The maximum atomic E-state index is 12.7. The SMILES string of the molecule is CCCCCC/C=C/CC/C=C/CC/C=C/C(O)C(COP(=O)(O)OCCN)NC(=O)CCCCCCCCCCCCCCCCCCCCC. The molecule has 5 N–H and O–H groups in total. The largest absolute Gasteiger partial charge is 0.472 e. The minimum Gasteiger partial charge on any atom is -0.387 e. The predicted molar refractivity (Wildman–Crippen MR) is 221 cm³/mol. The van der Waals surface area contributed by atoms with Crippen LogP contribution in [0, 0.1) is 0 Å². The lowest BCUT2D eigenvalue weighted by Gasteiger charge is -2.23. The number of carbonyl (C=O) groups excluding carboxylic acids is 1. The first kappa shape index (κ1) is 50.7. The van der Waals surface area contributed by atoms with Crippen molar-refractivity contribution in [2.45, 2.75) is 212 Å². The van der Waals surface area contributed by atoms with Gasteiger partial charge in [-0.1, -0.05) is 185 Å². The van der Waals surface area contributed by atoms with Gasteiger partial charge in [-0.15, -0.1) is 0 Å². The molecule has 0 aromatic heterocycles. The number of allylic oxidation sites excluding steroid dienone is 5. The Morgan fingerprint density at radius 2 is 1.02 bits per heavy atom. The number of phosphoric acid groups is 1. The first-order valence-electron chi connectivity index (χ1n) is 21.6. The summed E-state index contributed by atoms with van der Waals surface area (Å²) in [6.07, 6.45) is 46.2. The Kier molecular flexibility index (Phi) is 38.4. The molecule has 1 amide bonds. The van der Waals surface area contributed by atoms with Crippen molar-refractivity contribution in [3.05, 3.63) is 36.5 Å². The fourth-order valence-electron chi connectivity index (χ4n) is 6.16. The molecule has 0 rings (SSSR count). The monoisotopic (exact) mass is 755 g/mol. The number of hydrogen-bond acceptors (Lipinski definition) is 6. The van der Waals surface area contributed by atoms with Gasteiger partial charge in [0.2, 0.25) is 5.91 Å². The van der Waals surface area contributed by atoms with Crippen LogP contribution in [0.25, 0.3) is 0 Å². The third kappa shape index (κ3) is 37.1. The van der Waals surface area contributed by atoms with Gasteiger partial charge in [-0.05, 0) is 44.9 Å². The van der Waals surface area contributed by atoms with Gasteiger partial charge in [0.25, 0.3) is 0 Å². The van der Waals surface area contributed by atoms with Crippen LogP contribution in [0.5, 0.6) is 0 Å². The molecule has 0 fully saturated rings. The van der Waals surface area contributed by atoms with Gasteiger partial charge >= 0.3 is 7.82 Å². The molecule has 3 unspecified atom stereocenters. The first-order valence-corrected chi connectivity index (χ1v) is 23.1. The number of nitrogens with two attached hydrogens (primary N) is 1. The highest BCUT2D eigenvalue weighted by Gasteiger charge is 2.26. The van der Waals surface area contributed by atoms with Gasteiger partial charge in [-0.2, -0.15) is 0 Å². The van der Waals surface area contributed by atoms with Crippen molar-refractivity contribution in [3.8, 4) is 0 Å². The quantitative estimate of drug-likeness (QED) is 0.0278. The smallest absolute Gasteiger partial charge is 0.387 e. The van der Waals surface area contributed by atoms with Crippen LogP contribution in [0.2, 0.25) is 0 Å². The number of aliphatic hydroxyl groups is 1. The minimum atomic E-state index is -4.35. The van der Waals surface area contributed by atoms with Crippen molar-refractivity contribution in [2.24, 2.45) is 5.73 Å². The number of aliphatic hydroxyl groups excluding tert-OH is 1. The maximum Gasteiger partial charge on any atom is 0.472 e. The number of hydrogen-bond donors (Lipinski definition) is 4. The zero-order valence-corrected chi connectivity index (χ0v) is 34.7. The predicted octanol–water partition coefficient (Wildman–Crippen LogP) is 11.9. The van der Waals surface area contributed by atoms with E-state index in [9.17, 15) is 19.4 Å². The molecule has 0 aliphatic rings. The van der Waals surface area contributed by atoms with E-state index in [0.717, 1.165) is 44.9 Å². The summed E-state index contributed by atoms with van der Waals surface area (Å²) >= 11 is 0. The fraction of sp³-hybridized carbons (Fsp3) is 0.837. The zero-order valence-electron chi connectivity index (χ0n) is 33.8. The molecule has 0 saturated heterocycles. The molecule has 0 aromatic carbocycles. The fourth-order valence-corrected chi connectivity index (χ4v) is 6.92. The van der Waals surface area contributed by atoms with Crippen molar-refractivity contribution in [1.29, 1.82) is 0 Å². The van der Waals surface area contributed by atoms with Gasteiger partial charge in [-0.25, -0.2) is 4.57 Å². The van der Waals surface area contributed by atoms with Crippen LogP contribution in [0.4, 0.5) is 0 Å². The Balaban J connectivity index is 4.23. The molecule has 306 valence electrons. The van der Waals surface area contributed by atoms with E-state index in [4.69, 9.17) is 14.8 Å². The molecule has 0 aliphatic heterocycles. The lowest BCUT2D eigenvalue weighted by Crippen LogP contribution is -2.45. The number of amides is 1. The summed E-state index contributed by atoms with van der Waals surface area (Å²) in [7, 11) is -4.35. The van der Waals surface area contributed by atoms with Crippen molar-refractivity contribution >= 4 is 13.7 Å². The normalized spacial score (nSPS) is 14.5. The Bertz CT molecular complexity index is 912. The van der Waals surface area contributed by atoms with E-state index in [2.05, 4.69) is 43.5 Å². The molecule has 9 heteroatoms. The number of phosphoric ester groups is 1. The van der Waals surface area contributed by atoms with Gasteiger partial charge < -0.3 is 21.1 Å². The molecule has 0 aromatic rings. The lowest BCUT2D eigenvalue weighted by atomic mass is 10.0. The molecule has 8 nitrogen and oxygen atoms in total. The molecule has 0 spiro atoms. The molecule has 0 bridgehead atoms. The summed E-state index contributed by atoms with van der Waals surface area (Å²) in [5.74, 6) is -0.207. The summed E-state index contributed by atoms with van der Waals surface area (Å²) < 4.78 is 22.1. The van der Waals surface area contributed by atoms with Gasteiger partial charge in [0, 0.05) is 13.0 Å². The highest BCUT2D eigenvalue weighted by atomic mass is 31.2. The average Bonchev–Trinajstić information content (AvgIpc) is 3.13. The van der Waals surface area contributed by atoms with Crippen LogP contribution in [-0.2, 0) is 18.4 Å². The van der Waals surface area contributed by atoms with Crippen LogP contribution in [0.1, 0.15) is 200 Å². The highest BCUT2D eigenvalue weighted by molar-refractivity contribution is 7.47. The summed E-state index contributed by atoms with van der Waals surface area (Å²) in [5, 5.41) is 13.6. The topological polar surface area (TPSA) is 131 Å². The Morgan fingerprint density at radius 1 is 0.615 bits per heavy atom.